The molecule has 0 saturated carbocycles. The first-order valence-electron chi connectivity index (χ1n) is 7.34. The summed E-state index contributed by atoms with van der Waals surface area (Å²) < 4.78 is 16.2. The number of methoxy groups -OCH3 is 1. The maximum absolute atomic E-state index is 5.50. The first-order valence-corrected chi connectivity index (χ1v) is 7.34. The van der Waals surface area contributed by atoms with Gasteiger partial charge in [0.2, 0.25) is 0 Å². The number of hydrogen-bond acceptors (Lipinski definition) is 4. The van der Waals surface area contributed by atoms with Crippen molar-refractivity contribution in [1.82, 2.24) is 0 Å². The molecule has 22 heavy (non-hydrogen) atoms. The molecule has 0 saturated heterocycles. The standard InChI is InChI=1S/C18H21NO3/c1-4-21-16-9-7-15(8-10-16)19-13-14-6-11-17(22-5-2)18(12-14)20-3/h6-13H,4-5H2,1-3H3. The predicted octanol–water partition coefficient (Wildman–Crippen LogP) is 4.24. The lowest BCUT2D eigenvalue weighted by Gasteiger charge is -2.09. The molecule has 0 aliphatic heterocycles. The lowest BCUT2D eigenvalue weighted by Crippen LogP contribution is -1.96. The number of nitrogens with zero attached hydrogens (tertiary/aromatic N) is 1. The van der Waals surface area contributed by atoms with Crippen LogP contribution in [0.2, 0.25) is 0 Å². The van der Waals surface area contributed by atoms with Crippen molar-refractivity contribution in [2.45, 2.75) is 13.8 Å². The van der Waals surface area contributed by atoms with E-state index in [0.717, 1.165) is 22.7 Å². The summed E-state index contributed by atoms with van der Waals surface area (Å²) in [6.45, 7) is 5.18. The second kappa shape index (κ2) is 8.08. The van der Waals surface area contributed by atoms with Gasteiger partial charge in [-0.05, 0) is 61.9 Å². The minimum Gasteiger partial charge on any atom is -0.494 e. The third-order valence-corrected chi connectivity index (χ3v) is 3.00. The first kappa shape index (κ1) is 15.9. The van der Waals surface area contributed by atoms with Crippen molar-refractivity contribution in [2.24, 2.45) is 4.99 Å². The Morgan fingerprint density at radius 1 is 0.909 bits per heavy atom. The summed E-state index contributed by atoms with van der Waals surface area (Å²) in [6.07, 6.45) is 1.80. The van der Waals surface area contributed by atoms with Crippen LogP contribution in [0.3, 0.4) is 0 Å². The van der Waals surface area contributed by atoms with E-state index in [9.17, 15) is 0 Å². The fraction of sp³-hybridized carbons (Fsp3) is 0.278. The van der Waals surface area contributed by atoms with Crippen LogP contribution in [0.15, 0.2) is 47.5 Å². The van der Waals surface area contributed by atoms with Gasteiger partial charge in [0.05, 0.1) is 26.0 Å². The number of aliphatic imine (C=N–C) groups is 1. The van der Waals surface area contributed by atoms with Gasteiger partial charge >= 0.3 is 0 Å². The molecule has 0 amide bonds. The summed E-state index contributed by atoms with van der Waals surface area (Å²) in [7, 11) is 1.63. The molecule has 0 aromatic heterocycles. The zero-order chi connectivity index (χ0) is 15.8. The smallest absolute Gasteiger partial charge is 0.161 e. The Morgan fingerprint density at radius 2 is 1.64 bits per heavy atom. The Kier molecular flexibility index (Phi) is 5.83. The van der Waals surface area contributed by atoms with Crippen LogP contribution in [0.25, 0.3) is 0 Å². The minimum atomic E-state index is 0.607. The maximum Gasteiger partial charge on any atom is 0.161 e. The van der Waals surface area contributed by atoms with E-state index >= 15 is 0 Å². The average Bonchev–Trinajstić information content (AvgIpc) is 2.55. The molecular formula is C18H21NO3. The molecular weight excluding hydrogens is 278 g/mol. The second-order valence-corrected chi connectivity index (χ2v) is 4.53. The van der Waals surface area contributed by atoms with Crippen LogP contribution >= 0.6 is 0 Å². The number of rotatable bonds is 7. The zero-order valence-electron chi connectivity index (χ0n) is 13.2. The largest absolute Gasteiger partial charge is 0.494 e. The number of hydrogen-bond donors (Lipinski definition) is 0. The quantitative estimate of drug-likeness (QED) is 0.718. The van der Waals surface area contributed by atoms with Crippen molar-refractivity contribution in [3.8, 4) is 17.2 Å². The molecule has 2 aromatic carbocycles. The Bertz CT molecular complexity index is 621. The summed E-state index contributed by atoms with van der Waals surface area (Å²) in [5.41, 5.74) is 1.82. The Morgan fingerprint density at radius 3 is 2.27 bits per heavy atom. The molecule has 0 N–H and O–H groups in total. The van der Waals surface area contributed by atoms with Crippen molar-refractivity contribution in [2.75, 3.05) is 20.3 Å². The van der Waals surface area contributed by atoms with Crippen molar-refractivity contribution < 1.29 is 14.2 Å². The van der Waals surface area contributed by atoms with Gasteiger partial charge in [-0.25, -0.2) is 0 Å². The normalized spacial score (nSPS) is 10.7. The monoisotopic (exact) mass is 299 g/mol. The highest BCUT2D eigenvalue weighted by Crippen LogP contribution is 2.27. The van der Waals surface area contributed by atoms with Crippen LogP contribution in [0, 0.1) is 0 Å². The molecule has 0 aliphatic carbocycles. The molecule has 0 fully saturated rings. The highest BCUT2D eigenvalue weighted by Gasteiger charge is 2.04. The summed E-state index contributed by atoms with van der Waals surface area (Å²) in [4.78, 5) is 4.45. The molecule has 2 rings (SSSR count). The summed E-state index contributed by atoms with van der Waals surface area (Å²) in [5, 5.41) is 0. The highest BCUT2D eigenvalue weighted by molar-refractivity contribution is 5.83. The molecule has 0 aliphatic rings. The van der Waals surface area contributed by atoms with Crippen molar-refractivity contribution in [3.05, 3.63) is 48.0 Å². The SMILES string of the molecule is CCOc1ccc(N=Cc2ccc(OCC)c(OC)c2)cc1. The predicted molar refractivity (Wildman–Crippen MR) is 89.0 cm³/mol. The second-order valence-electron chi connectivity index (χ2n) is 4.53. The van der Waals surface area contributed by atoms with Gasteiger partial charge in [-0.3, -0.25) is 4.99 Å². The fourth-order valence-corrected chi connectivity index (χ4v) is 1.98. The Hall–Kier alpha value is -2.49. The van der Waals surface area contributed by atoms with Gasteiger partial charge in [-0.1, -0.05) is 0 Å². The van der Waals surface area contributed by atoms with E-state index in [1.54, 1.807) is 13.3 Å². The van der Waals surface area contributed by atoms with Gasteiger partial charge in [0.1, 0.15) is 5.75 Å². The van der Waals surface area contributed by atoms with Gasteiger partial charge in [-0.2, -0.15) is 0 Å². The minimum absolute atomic E-state index is 0.607. The molecule has 0 bridgehead atoms. The van der Waals surface area contributed by atoms with E-state index in [0.29, 0.717) is 19.0 Å². The molecule has 0 heterocycles. The van der Waals surface area contributed by atoms with Crippen LogP contribution in [0.1, 0.15) is 19.4 Å². The molecule has 0 unspecified atom stereocenters. The van der Waals surface area contributed by atoms with Crippen molar-refractivity contribution >= 4 is 11.9 Å². The zero-order valence-corrected chi connectivity index (χ0v) is 13.2. The molecule has 4 nitrogen and oxygen atoms in total. The first-order chi connectivity index (χ1) is 10.8. The Labute approximate surface area is 131 Å². The topological polar surface area (TPSA) is 40.0 Å². The van der Waals surface area contributed by atoms with Gasteiger partial charge < -0.3 is 14.2 Å². The summed E-state index contributed by atoms with van der Waals surface area (Å²) in [6, 6.07) is 13.4. The lowest BCUT2D eigenvalue weighted by atomic mass is 10.2. The molecule has 0 spiro atoms. The van der Waals surface area contributed by atoms with E-state index < -0.39 is 0 Å². The third kappa shape index (κ3) is 4.25. The lowest BCUT2D eigenvalue weighted by molar-refractivity contribution is 0.311. The van der Waals surface area contributed by atoms with E-state index in [-0.39, 0.29) is 0 Å². The molecule has 0 radical (unpaired) electrons. The van der Waals surface area contributed by atoms with Crippen LogP contribution in [0.5, 0.6) is 17.2 Å². The van der Waals surface area contributed by atoms with Crippen LogP contribution in [0.4, 0.5) is 5.69 Å². The van der Waals surface area contributed by atoms with E-state index in [4.69, 9.17) is 14.2 Å². The van der Waals surface area contributed by atoms with Crippen LogP contribution < -0.4 is 14.2 Å². The molecule has 0 atom stereocenters. The Balaban J connectivity index is 2.12. The van der Waals surface area contributed by atoms with Gasteiger partial charge in [0.15, 0.2) is 11.5 Å². The maximum atomic E-state index is 5.50. The van der Waals surface area contributed by atoms with Crippen LogP contribution in [-0.2, 0) is 0 Å². The average molecular weight is 299 g/mol. The summed E-state index contributed by atoms with van der Waals surface area (Å²) in [5.74, 6) is 2.30. The van der Waals surface area contributed by atoms with Gasteiger partial charge in [-0.15, -0.1) is 0 Å². The van der Waals surface area contributed by atoms with Gasteiger partial charge in [0.25, 0.3) is 0 Å². The molecule has 4 heteroatoms. The van der Waals surface area contributed by atoms with Crippen molar-refractivity contribution in [3.63, 3.8) is 0 Å². The molecule has 116 valence electrons. The van der Waals surface area contributed by atoms with E-state index in [1.165, 1.54) is 0 Å². The fourth-order valence-electron chi connectivity index (χ4n) is 1.98. The summed E-state index contributed by atoms with van der Waals surface area (Å²) >= 11 is 0. The molecule has 2 aromatic rings. The van der Waals surface area contributed by atoms with E-state index in [1.807, 2.05) is 56.3 Å². The highest BCUT2D eigenvalue weighted by atomic mass is 16.5. The third-order valence-electron chi connectivity index (χ3n) is 3.00. The number of benzene rings is 2. The van der Waals surface area contributed by atoms with E-state index in [2.05, 4.69) is 4.99 Å². The van der Waals surface area contributed by atoms with Gasteiger partial charge in [0, 0.05) is 6.21 Å². The van der Waals surface area contributed by atoms with Crippen molar-refractivity contribution in [1.29, 1.82) is 0 Å². The van der Waals surface area contributed by atoms with Crippen LogP contribution in [-0.4, -0.2) is 26.5 Å². The number of ether oxygens (including phenoxy) is 3.